The molecule has 2 unspecified atom stereocenters. The maximum atomic E-state index is 6.39. The van der Waals surface area contributed by atoms with Crippen LogP contribution in [0.15, 0.2) is 36.5 Å². The molecule has 0 saturated carbocycles. The monoisotopic (exact) mass is 321 g/mol. The molecule has 2 atom stereocenters. The second-order valence-electron chi connectivity index (χ2n) is 5.41. The molecule has 1 aromatic carbocycles. The molecule has 110 valence electrons. The van der Waals surface area contributed by atoms with Gasteiger partial charge in [-0.3, -0.25) is 0 Å². The van der Waals surface area contributed by atoms with Gasteiger partial charge in [0.1, 0.15) is 5.82 Å². The van der Waals surface area contributed by atoms with Crippen LogP contribution in [0.2, 0.25) is 10.0 Å². The SMILES string of the molecule is Nc1cc(C(c2ccc(Cl)cc2)C2CCNC2)c(Cl)cn1. The first-order valence-electron chi connectivity index (χ1n) is 7.02. The number of anilines is 1. The van der Waals surface area contributed by atoms with E-state index in [4.69, 9.17) is 28.9 Å². The van der Waals surface area contributed by atoms with Crippen LogP contribution in [0.3, 0.4) is 0 Å². The number of benzene rings is 1. The van der Waals surface area contributed by atoms with E-state index in [1.807, 2.05) is 18.2 Å². The van der Waals surface area contributed by atoms with Crippen molar-refractivity contribution >= 4 is 29.0 Å². The van der Waals surface area contributed by atoms with Gasteiger partial charge < -0.3 is 11.1 Å². The number of aromatic nitrogens is 1. The topological polar surface area (TPSA) is 50.9 Å². The van der Waals surface area contributed by atoms with Gasteiger partial charge in [-0.25, -0.2) is 4.98 Å². The summed E-state index contributed by atoms with van der Waals surface area (Å²) in [5.41, 5.74) is 8.11. The normalized spacial score (nSPS) is 19.6. The number of nitrogen functional groups attached to an aromatic ring is 1. The van der Waals surface area contributed by atoms with Crippen LogP contribution >= 0.6 is 23.2 Å². The molecule has 0 amide bonds. The Bertz CT molecular complexity index is 622. The standard InChI is InChI=1S/C16H17Cl2N3/c17-12-3-1-10(2-4-12)16(11-5-6-20-8-11)13-7-15(19)21-9-14(13)18/h1-4,7,9,11,16,20H,5-6,8H2,(H2,19,21). The van der Waals surface area contributed by atoms with Gasteiger partial charge >= 0.3 is 0 Å². The molecule has 0 radical (unpaired) electrons. The molecule has 1 aliphatic heterocycles. The second kappa shape index (κ2) is 6.22. The molecule has 0 spiro atoms. The minimum Gasteiger partial charge on any atom is -0.384 e. The number of nitrogens with zero attached hydrogens (tertiary/aromatic N) is 1. The van der Waals surface area contributed by atoms with Crippen LogP contribution in [-0.4, -0.2) is 18.1 Å². The highest BCUT2D eigenvalue weighted by Gasteiger charge is 2.29. The lowest BCUT2D eigenvalue weighted by Gasteiger charge is -2.25. The lowest BCUT2D eigenvalue weighted by molar-refractivity contribution is 0.512. The molecule has 1 aromatic heterocycles. The molecule has 0 aliphatic carbocycles. The zero-order valence-corrected chi connectivity index (χ0v) is 13.0. The van der Waals surface area contributed by atoms with E-state index in [9.17, 15) is 0 Å². The fraction of sp³-hybridized carbons (Fsp3) is 0.312. The van der Waals surface area contributed by atoms with E-state index in [-0.39, 0.29) is 5.92 Å². The molecule has 21 heavy (non-hydrogen) atoms. The molecule has 1 saturated heterocycles. The third kappa shape index (κ3) is 3.15. The first-order valence-corrected chi connectivity index (χ1v) is 7.78. The predicted molar refractivity (Wildman–Crippen MR) is 87.9 cm³/mol. The van der Waals surface area contributed by atoms with E-state index in [1.165, 1.54) is 5.56 Å². The highest BCUT2D eigenvalue weighted by atomic mass is 35.5. The lowest BCUT2D eigenvalue weighted by atomic mass is 9.80. The Morgan fingerprint density at radius 2 is 2.00 bits per heavy atom. The van der Waals surface area contributed by atoms with Gasteiger partial charge in [-0.15, -0.1) is 0 Å². The van der Waals surface area contributed by atoms with Crippen molar-refractivity contribution in [1.29, 1.82) is 0 Å². The molecule has 1 fully saturated rings. The molecule has 1 aliphatic rings. The average molecular weight is 322 g/mol. The summed E-state index contributed by atoms with van der Waals surface area (Å²) in [6.07, 6.45) is 2.75. The van der Waals surface area contributed by atoms with Gasteiger partial charge in [-0.05, 0) is 54.8 Å². The Kier molecular flexibility index (Phi) is 4.34. The van der Waals surface area contributed by atoms with E-state index in [1.54, 1.807) is 6.20 Å². The number of nitrogens with one attached hydrogen (secondary N) is 1. The fourth-order valence-electron chi connectivity index (χ4n) is 3.05. The molecule has 2 aromatic rings. The van der Waals surface area contributed by atoms with Gasteiger partial charge in [-0.1, -0.05) is 35.3 Å². The third-order valence-corrected chi connectivity index (χ3v) is 4.61. The molecule has 5 heteroatoms. The van der Waals surface area contributed by atoms with E-state index in [0.717, 1.165) is 30.1 Å². The number of nitrogens with two attached hydrogens (primary N) is 1. The van der Waals surface area contributed by atoms with Crippen molar-refractivity contribution < 1.29 is 0 Å². The van der Waals surface area contributed by atoms with Crippen molar-refractivity contribution in [2.45, 2.75) is 12.3 Å². The summed E-state index contributed by atoms with van der Waals surface area (Å²) in [5, 5.41) is 4.82. The summed E-state index contributed by atoms with van der Waals surface area (Å²) in [6.45, 7) is 2.01. The second-order valence-corrected chi connectivity index (χ2v) is 6.26. The summed E-state index contributed by atoms with van der Waals surface area (Å²) in [5.74, 6) is 1.19. The van der Waals surface area contributed by atoms with Crippen molar-refractivity contribution in [3.8, 4) is 0 Å². The number of halogens is 2. The van der Waals surface area contributed by atoms with Gasteiger partial charge in [0.2, 0.25) is 0 Å². The average Bonchev–Trinajstić information content (AvgIpc) is 2.99. The Hall–Kier alpha value is -1.29. The van der Waals surface area contributed by atoms with Crippen LogP contribution in [0, 0.1) is 5.92 Å². The van der Waals surface area contributed by atoms with Gasteiger partial charge in [0, 0.05) is 17.1 Å². The van der Waals surface area contributed by atoms with Crippen LogP contribution in [0.5, 0.6) is 0 Å². The van der Waals surface area contributed by atoms with Crippen molar-refractivity contribution in [3.63, 3.8) is 0 Å². The van der Waals surface area contributed by atoms with Gasteiger partial charge in [0.05, 0.1) is 5.02 Å². The van der Waals surface area contributed by atoms with Gasteiger partial charge in [-0.2, -0.15) is 0 Å². The molecule has 3 rings (SSSR count). The predicted octanol–water partition coefficient (Wildman–Crippen LogP) is 3.71. The maximum absolute atomic E-state index is 6.39. The molecule has 3 N–H and O–H groups in total. The third-order valence-electron chi connectivity index (χ3n) is 4.04. The lowest BCUT2D eigenvalue weighted by Crippen LogP contribution is -2.18. The molecule has 2 heterocycles. The van der Waals surface area contributed by atoms with Crippen LogP contribution in [0.1, 0.15) is 23.5 Å². The largest absolute Gasteiger partial charge is 0.384 e. The summed E-state index contributed by atoms with van der Waals surface area (Å²) < 4.78 is 0. The van der Waals surface area contributed by atoms with Crippen LogP contribution in [0.4, 0.5) is 5.82 Å². The van der Waals surface area contributed by atoms with Crippen LogP contribution in [-0.2, 0) is 0 Å². The number of hydrogen-bond acceptors (Lipinski definition) is 3. The highest BCUT2D eigenvalue weighted by molar-refractivity contribution is 6.31. The molecule has 3 nitrogen and oxygen atoms in total. The van der Waals surface area contributed by atoms with E-state index in [0.29, 0.717) is 16.8 Å². The minimum atomic E-state index is 0.204. The smallest absolute Gasteiger partial charge is 0.123 e. The first-order chi connectivity index (χ1) is 10.1. The number of rotatable bonds is 3. The van der Waals surface area contributed by atoms with Crippen molar-refractivity contribution in [3.05, 3.63) is 57.7 Å². The zero-order valence-electron chi connectivity index (χ0n) is 11.5. The summed E-state index contributed by atoms with van der Waals surface area (Å²) in [4.78, 5) is 4.07. The van der Waals surface area contributed by atoms with Gasteiger partial charge in [0.15, 0.2) is 0 Å². The van der Waals surface area contributed by atoms with E-state index in [2.05, 4.69) is 22.4 Å². The van der Waals surface area contributed by atoms with Gasteiger partial charge in [0.25, 0.3) is 0 Å². The number of pyridine rings is 1. The summed E-state index contributed by atoms with van der Waals surface area (Å²) in [6, 6.07) is 9.87. The Balaban J connectivity index is 2.07. The first kappa shape index (κ1) is 14.6. The highest BCUT2D eigenvalue weighted by Crippen LogP contribution is 2.39. The van der Waals surface area contributed by atoms with Crippen molar-refractivity contribution in [1.82, 2.24) is 10.3 Å². The fourth-order valence-corrected chi connectivity index (χ4v) is 3.39. The molecular formula is C16H17Cl2N3. The Morgan fingerprint density at radius 1 is 1.24 bits per heavy atom. The number of hydrogen-bond donors (Lipinski definition) is 2. The van der Waals surface area contributed by atoms with Crippen molar-refractivity contribution in [2.75, 3.05) is 18.8 Å². The Morgan fingerprint density at radius 3 is 2.67 bits per heavy atom. The van der Waals surface area contributed by atoms with E-state index < -0.39 is 0 Å². The molecule has 0 bridgehead atoms. The minimum absolute atomic E-state index is 0.204. The quantitative estimate of drug-likeness (QED) is 0.906. The van der Waals surface area contributed by atoms with E-state index >= 15 is 0 Å². The Labute approximate surface area is 134 Å². The zero-order chi connectivity index (χ0) is 14.8. The summed E-state index contributed by atoms with van der Waals surface area (Å²) in [7, 11) is 0. The van der Waals surface area contributed by atoms with Crippen LogP contribution < -0.4 is 11.1 Å². The maximum Gasteiger partial charge on any atom is 0.123 e. The van der Waals surface area contributed by atoms with Crippen LogP contribution in [0.25, 0.3) is 0 Å². The molecular weight excluding hydrogens is 305 g/mol. The summed E-state index contributed by atoms with van der Waals surface area (Å²) >= 11 is 12.4. The van der Waals surface area contributed by atoms with Crippen molar-refractivity contribution in [2.24, 2.45) is 5.92 Å².